The first kappa shape index (κ1) is 33.9. The summed E-state index contributed by atoms with van der Waals surface area (Å²) in [6.07, 6.45) is 1.79. The quantitative estimate of drug-likeness (QED) is 0.184. The number of aliphatic hydroxyl groups is 1. The molecule has 5 rings (SSSR count). The van der Waals surface area contributed by atoms with E-state index in [-0.39, 0.29) is 24.7 Å². The lowest BCUT2D eigenvalue weighted by atomic mass is 9.99. The molecule has 1 aliphatic heterocycles. The van der Waals surface area contributed by atoms with E-state index >= 15 is 0 Å². The summed E-state index contributed by atoms with van der Waals surface area (Å²) in [5.41, 5.74) is 6.87. The number of pyridine rings is 1. The van der Waals surface area contributed by atoms with Gasteiger partial charge in [0.05, 0.1) is 18.8 Å². The van der Waals surface area contributed by atoms with Crippen LogP contribution in [0.15, 0.2) is 97.2 Å². The molecule has 0 bridgehead atoms. The Morgan fingerprint density at radius 3 is 2.43 bits per heavy atom. The first-order valence-electron chi connectivity index (χ1n) is 16.0. The van der Waals surface area contributed by atoms with E-state index in [1.165, 1.54) is 6.92 Å². The normalized spacial score (nSPS) is 18.4. The van der Waals surface area contributed by atoms with Crippen LogP contribution in [0.1, 0.15) is 60.6 Å². The highest BCUT2D eigenvalue weighted by molar-refractivity contribution is 5.82. The molecule has 2 heterocycles. The number of rotatable bonds is 13. The number of carbonyl (C=O) groups is 2. The van der Waals surface area contributed by atoms with Gasteiger partial charge in [0, 0.05) is 56.9 Å². The van der Waals surface area contributed by atoms with Crippen molar-refractivity contribution < 1.29 is 28.9 Å². The molecule has 1 aliphatic rings. The van der Waals surface area contributed by atoms with Gasteiger partial charge in [-0.3, -0.25) is 14.6 Å². The van der Waals surface area contributed by atoms with Crippen LogP contribution in [0.25, 0.3) is 11.1 Å². The lowest BCUT2D eigenvalue weighted by Gasteiger charge is -2.38. The molecule has 3 aromatic carbocycles. The summed E-state index contributed by atoms with van der Waals surface area (Å²) >= 11 is 0. The van der Waals surface area contributed by atoms with Gasteiger partial charge in [-0.1, -0.05) is 72.8 Å². The van der Waals surface area contributed by atoms with Gasteiger partial charge in [0.2, 0.25) is 0 Å². The second-order valence-electron chi connectivity index (χ2n) is 12.0. The maximum absolute atomic E-state index is 12.3. The Bertz CT molecular complexity index is 1600. The van der Waals surface area contributed by atoms with Crippen LogP contribution in [0, 0.1) is 0 Å². The Hall–Kier alpha value is -4.41. The van der Waals surface area contributed by atoms with Crippen LogP contribution in [0.5, 0.6) is 0 Å². The molecule has 246 valence electrons. The van der Waals surface area contributed by atoms with Crippen molar-refractivity contribution in [1.82, 2.24) is 15.2 Å². The van der Waals surface area contributed by atoms with Crippen LogP contribution >= 0.6 is 0 Å². The number of nitrogens with one attached hydrogen (secondary N) is 1. The van der Waals surface area contributed by atoms with Crippen LogP contribution in [0.4, 0.5) is 0 Å². The number of ether oxygens (including phenoxy) is 3. The fourth-order valence-electron chi connectivity index (χ4n) is 5.65. The summed E-state index contributed by atoms with van der Waals surface area (Å²) in [6.45, 7) is 4.76. The molecule has 4 aromatic rings. The zero-order chi connectivity index (χ0) is 33.2. The predicted molar refractivity (Wildman–Crippen MR) is 179 cm³/mol. The second kappa shape index (κ2) is 16.4. The average Bonchev–Trinajstić information content (AvgIpc) is 3.10. The molecule has 0 aliphatic carbocycles. The van der Waals surface area contributed by atoms with Gasteiger partial charge in [-0.05, 0) is 60.0 Å². The van der Waals surface area contributed by atoms with Gasteiger partial charge < -0.3 is 29.5 Å². The fraction of sp³-hybridized carbons (Fsp3) is 0.342. The summed E-state index contributed by atoms with van der Waals surface area (Å²) in [4.78, 5) is 30.2. The molecule has 1 saturated heterocycles. The van der Waals surface area contributed by atoms with Crippen molar-refractivity contribution in [1.29, 1.82) is 0 Å². The minimum atomic E-state index is -0.849. The average molecular weight is 638 g/mol. The number of hydrogen-bond acceptors (Lipinski definition) is 8. The fourth-order valence-corrected chi connectivity index (χ4v) is 5.65. The van der Waals surface area contributed by atoms with Crippen molar-refractivity contribution in [2.24, 2.45) is 0 Å². The van der Waals surface area contributed by atoms with Crippen molar-refractivity contribution in [3.8, 4) is 11.1 Å². The van der Waals surface area contributed by atoms with Gasteiger partial charge in [0.15, 0.2) is 12.4 Å². The zero-order valence-corrected chi connectivity index (χ0v) is 27.2. The standard InChI is InChI=1S/C38H43N3O6/c1-26(45-27(2)43)37(44)40-23-29-7-6-8-33(21-29)30-14-16-32(17-15-30)38-46-35(24-41(3)20-18-34-9-4-5-19-39-34)22-36(47-38)31-12-10-28(25-42)11-13-31/h4-17,19,21,26,35-36,38,42H,18,20,22-25H2,1-3H3,(H,40,44). The van der Waals surface area contributed by atoms with Gasteiger partial charge in [0.1, 0.15) is 0 Å². The number of amides is 1. The second-order valence-corrected chi connectivity index (χ2v) is 12.0. The summed E-state index contributed by atoms with van der Waals surface area (Å²) in [6, 6.07) is 30.0. The minimum Gasteiger partial charge on any atom is -0.453 e. The monoisotopic (exact) mass is 637 g/mol. The summed E-state index contributed by atoms with van der Waals surface area (Å²) < 4.78 is 18.1. The van der Waals surface area contributed by atoms with Gasteiger partial charge in [-0.15, -0.1) is 0 Å². The molecule has 1 fully saturated rings. The van der Waals surface area contributed by atoms with E-state index in [1.807, 2.05) is 85.1 Å². The molecular formula is C38H43N3O6. The highest BCUT2D eigenvalue weighted by Crippen LogP contribution is 2.38. The molecule has 47 heavy (non-hydrogen) atoms. The highest BCUT2D eigenvalue weighted by Gasteiger charge is 2.32. The SMILES string of the molecule is CC(=O)OC(C)C(=O)NCc1cccc(-c2ccc(C3OC(CN(C)CCc4ccccn4)CC(c4ccc(CO)cc4)O3)cc2)c1. The molecule has 2 N–H and O–H groups in total. The molecule has 4 unspecified atom stereocenters. The maximum atomic E-state index is 12.3. The Balaban J connectivity index is 1.27. The molecule has 9 heteroatoms. The van der Waals surface area contributed by atoms with E-state index in [1.54, 1.807) is 6.92 Å². The van der Waals surface area contributed by atoms with Gasteiger partial charge in [0.25, 0.3) is 5.91 Å². The molecule has 0 saturated carbocycles. The van der Waals surface area contributed by atoms with Gasteiger partial charge >= 0.3 is 5.97 Å². The van der Waals surface area contributed by atoms with E-state index in [0.717, 1.165) is 58.6 Å². The summed E-state index contributed by atoms with van der Waals surface area (Å²) in [7, 11) is 2.11. The lowest BCUT2D eigenvalue weighted by Crippen LogP contribution is -2.38. The number of aliphatic hydroxyl groups excluding tert-OH is 1. The Morgan fingerprint density at radius 1 is 0.957 bits per heavy atom. The number of carbonyl (C=O) groups excluding carboxylic acids is 2. The highest BCUT2D eigenvalue weighted by atomic mass is 16.7. The van der Waals surface area contributed by atoms with Crippen LogP contribution in [0.2, 0.25) is 0 Å². The third-order valence-electron chi connectivity index (χ3n) is 8.23. The zero-order valence-electron chi connectivity index (χ0n) is 27.2. The first-order valence-corrected chi connectivity index (χ1v) is 16.0. The van der Waals surface area contributed by atoms with E-state index < -0.39 is 18.4 Å². The molecule has 1 amide bonds. The minimum absolute atomic E-state index is 0.000409. The van der Waals surface area contributed by atoms with E-state index in [4.69, 9.17) is 14.2 Å². The van der Waals surface area contributed by atoms with Crippen LogP contribution in [-0.4, -0.2) is 59.2 Å². The Kier molecular flexibility index (Phi) is 11.9. The molecule has 9 nitrogen and oxygen atoms in total. The van der Waals surface area contributed by atoms with Gasteiger partial charge in [-0.25, -0.2) is 0 Å². The smallest absolute Gasteiger partial charge is 0.303 e. The van der Waals surface area contributed by atoms with Crippen LogP contribution < -0.4 is 5.32 Å². The predicted octanol–water partition coefficient (Wildman–Crippen LogP) is 5.53. The molecule has 4 atom stereocenters. The lowest BCUT2D eigenvalue weighted by molar-refractivity contribution is -0.252. The molecule has 1 aromatic heterocycles. The Labute approximate surface area is 276 Å². The number of likely N-dealkylation sites (N-methyl/N-ethyl adjacent to an activating group) is 1. The van der Waals surface area contributed by atoms with E-state index in [2.05, 4.69) is 34.4 Å². The molecule has 0 spiro atoms. The van der Waals surface area contributed by atoms with Crippen molar-refractivity contribution in [2.45, 2.75) is 64.4 Å². The number of nitrogens with zero attached hydrogens (tertiary/aromatic N) is 2. The largest absolute Gasteiger partial charge is 0.453 e. The summed E-state index contributed by atoms with van der Waals surface area (Å²) in [5, 5.41) is 12.3. The van der Waals surface area contributed by atoms with E-state index in [9.17, 15) is 14.7 Å². The molecular weight excluding hydrogens is 594 g/mol. The van der Waals surface area contributed by atoms with Gasteiger partial charge in [-0.2, -0.15) is 0 Å². The number of benzene rings is 3. The topological polar surface area (TPSA) is 110 Å². The van der Waals surface area contributed by atoms with Crippen LogP contribution in [0.3, 0.4) is 0 Å². The van der Waals surface area contributed by atoms with Crippen molar-refractivity contribution in [2.75, 3.05) is 20.1 Å². The van der Waals surface area contributed by atoms with Crippen molar-refractivity contribution >= 4 is 11.9 Å². The third kappa shape index (κ3) is 9.79. The molecule has 0 radical (unpaired) electrons. The van der Waals surface area contributed by atoms with Crippen molar-refractivity contribution in [3.05, 3.63) is 125 Å². The maximum Gasteiger partial charge on any atom is 0.303 e. The summed E-state index contributed by atoms with van der Waals surface area (Å²) in [5.74, 6) is -0.836. The number of aromatic nitrogens is 1. The van der Waals surface area contributed by atoms with Crippen LogP contribution in [-0.2, 0) is 43.4 Å². The number of esters is 1. The first-order chi connectivity index (χ1) is 22.8. The van der Waals surface area contributed by atoms with Crippen molar-refractivity contribution in [3.63, 3.8) is 0 Å². The number of hydrogen-bond donors (Lipinski definition) is 2. The third-order valence-corrected chi connectivity index (χ3v) is 8.23. The van der Waals surface area contributed by atoms with E-state index in [0.29, 0.717) is 13.0 Å². The Morgan fingerprint density at radius 2 is 1.72 bits per heavy atom.